The van der Waals surface area contributed by atoms with Crippen LogP contribution in [0.1, 0.15) is 0 Å². The van der Waals surface area contributed by atoms with Crippen molar-refractivity contribution in [3.05, 3.63) is 114 Å². The Balaban J connectivity index is 1.78. The molecule has 0 bridgehead atoms. The molecule has 0 unspecified atom stereocenters. The molecule has 0 aliphatic heterocycles. The van der Waals surface area contributed by atoms with Gasteiger partial charge in [0.1, 0.15) is 0 Å². The van der Waals surface area contributed by atoms with Crippen LogP contribution in [0.2, 0.25) is 0 Å². The molecule has 0 radical (unpaired) electrons. The molecule has 2 nitrogen and oxygen atoms in total. The predicted molar refractivity (Wildman–Crippen MR) is 119 cm³/mol. The van der Waals surface area contributed by atoms with Gasteiger partial charge in [0, 0.05) is 32.9 Å². The summed E-state index contributed by atoms with van der Waals surface area (Å²) in [6.45, 7) is 0. The number of nitrogens with one attached hydrogen (secondary N) is 1. The van der Waals surface area contributed by atoms with E-state index in [2.05, 4.69) is 105 Å². The van der Waals surface area contributed by atoms with Gasteiger partial charge in [0.05, 0.1) is 0 Å². The Morgan fingerprint density at radius 1 is 0.519 bits per heavy atom. The van der Waals surface area contributed by atoms with Crippen LogP contribution < -0.4 is 10.2 Å². The van der Waals surface area contributed by atoms with Crippen LogP contribution in [0.3, 0.4) is 0 Å². The lowest BCUT2D eigenvalue weighted by atomic mass is 10.1. The van der Waals surface area contributed by atoms with Gasteiger partial charge < -0.3 is 10.2 Å². The Hall–Kier alpha value is -3.04. The second kappa shape index (κ2) is 8.11. The van der Waals surface area contributed by atoms with E-state index >= 15 is 0 Å². The van der Waals surface area contributed by atoms with Crippen LogP contribution in [0.15, 0.2) is 114 Å². The van der Waals surface area contributed by atoms with Gasteiger partial charge in [-0.05, 0) is 54.6 Å². The topological polar surface area (TPSA) is 15.3 Å². The zero-order valence-electron chi connectivity index (χ0n) is 14.7. The second-order valence-corrected chi connectivity index (χ2v) is 7.11. The Morgan fingerprint density at radius 3 is 1.59 bits per heavy atom. The number of nitrogens with zero attached hydrogens (tertiary/aromatic N) is 1. The smallest absolute Gasteiger partial charge is 0.0493 e. The van der Waals surface area contributed by atoms with Gasteiger partial charge in [0.25, 0.3) is 0 Å². The van der Waals surface area contributed by atoms with Gasteiger partial charge >= 0.3 is 0 Å². The maximum atomic E-state index is 3.67. The summed E-state index contributed by atoms with van der Waals surface area (Å²) in [5, 5.41) is 3.49. The van der Waals surface area contributed by atoms with Crippen molar-refractivity contribution in [2.75, 3.05) is 10.2 Å². The highest BCUT2D eigenvalue weighted by Crippen LogP contribution is 2.37. The number of benzene rings is 4. The van der Waals surface area contributed by atoms with E-state index in [-0.39, 0.29) is 0 Å². The number of halogens is 1. The normalized spacial score (nSPS) is 10.4. The van der Waals surface area contributed by atoms with E-state index in [4.69, 9.17) is 0 Å². The minimum absolute atomic E-state index is 1.02. The zero-order chi connectivity index (χ0) is 18.5. The molecular formula is C24H19BrN2. The van der Waals surface area contributed by atoms with Crippen LogP contribution in [0, 0.1) is 0 Å². The summed E-state index contributed by atoms with van der Waals surface area (Å²) in [4.78, 5) is 2.25. The van der Waals surface area contributed by atoms with E-state index in [1.807, 2.05) is 30.3 Å². The van der Waals surface area contributed by atoms with Crippen molar-refractivity contribution in [3.63, 3.8) is 0 Å². The highest BCUT2D eigenvalue weighted by atomic mass is 79.9. The third-order valence-electron chi connectivity index (χ3n) is 4.23. The van der Waals surface area contributed by atoms with E-state index in [1.165, 1.54) is 0 Å². The largest absolute Gasteiger partial charge is 0.355 e. The lowest BCUT2D eigenvalue weighted by molar-refractivity contribution is 1.28. The third kappa shape index (κ3) is 4.21. The summed E-state index contributed by atoms with van der Waals surface area (Å²) >= 11 is 3.67. The molecule has 0 aliphatic carbocycles. The molecule has 0 atom stereocenters. The van der Waals surface area contributed by atoms with Crippen LogP contribution in [0.25, 0.3) is 0 Å². The molecular weight excluding hydrogens is 396 g/mol. The minimum Gasteiger partial charge on any atom is -0.355 e. The molecule has 0 spiro atoms. The molecule has 1 N–H and O–H groups in total. The van der Waals surface area contributed by atoms with Gasteiger partial charge in [-0.15, -0.1) is 0 Å². The van der Waals surface area contributed by atoms with Crippen LogP contribution in [0.4, 0.5) is 28.4 Å². The minimum atomic E-state index is 1.02. The zero-order valence-corrected chi connectivity index (χ0v) is 16.3. The van der Waals surface area contributed by atoms with Gasteiger partial charge in [0.2, 0.25) is 0 Å². The lowest BCUT2D eigenvalue weighted by Gasteiger charge is -2.26. The first-order valence-corrected chi connectivity index (χ1v) is 9.62. The van der Waals surface area contributed by atoms with E-state index in [0.29, 0.717) is 0 Å². The van der Waals surface area contributed by atoms with E-state index in [0.717, 1.165) is 32.9 Å². The number of anilines is 5. The summed E-state index contributed by atoms with van der Waals surface area (Å²) in [5.74, 6) is 0. The van der Waals surface area contributed by atoms with Crippen molar-refractivity contribution < 1.29 is 0 Å². The fourth-order valence-electron chi connectivity index (χ4n) is 3.06. The SMILES string of the molecule is Brc1cc(Nc2ccccc2)cc(N(c2ccccc2)c2ccccc2)c1. The standard InChI is InChI=1S/C24H19BrN2/c25-19-16-21(26-20-10-4-1-5-11-20)18-24(17-19)27(22-12-6-2-7-13-22)23-14-8-3-9-15-23/h1-18,26H. The highest BCUT2D eigenvalue weighted by molar-refractivity contribution is 9.10. The second-order valence-electron chi connectivity index (χ2n) is 6.20. The molecule has 0 saturated heterocycles. The van der Waals surface area contributed by atoms with Crippen molar-refractivity contribution in [1.82, 2.24) is 0 Å². The van der Waals surface area contributed by atoms with Crippen molar-refractivity contribution in [2.45, 2.75) is 0 Å². The van der Waals surface area contributed by atoms with Gasteiger partial charge in [-0.1, -0.05) is 70.5 Å². The molecule has 4 aromatic carbocycles. The van der Waals surface area contributed by atoms with Crippen molar-refractivity contribution >= 4 is 44.4 Å². The van der Waals surface area contributed by atoms with Crippen molar-refractivity contribution in [2.24, 2.45) is 0 Å². The number of hydrogen-bond donors (Lipinski definition) is 1. The molecule has 27 heavy (non-hydrogen) atoms. The summed E-state index contributed by atoms with van der Waals surface area (Å²) in [7, 11) is 0. The summed E-state index contributed by atoms with van der Waals surface area (Å²) in [6.07, 6.45) is 0. The first-order valence-electron chi connectivity index (χ1n) is 8.82. The summed E-state index contributed by atoms with van der Waals surface area (Å²) in [5.41, 5.74) is 5.41. The molecule has 0 amide bonds. The van der Waals surface area contributed by atoms with E-state index < -0.39 is 0 Å². The monoisotopic (exact) mass is 414 g/mol. The molecule has 0 aromatic heterocycles. The quantitative estimate of drug-likeness (QED) is 0.360. The summed E-state index contributed by atoms with van der Waals surface area (Å²) in [6, 6.07) is 37.4. The van der Waals surface area contributed by atoms with Crippen molar-refractivity contribution in [3.8, 4) is 0 Å². The molecule has 0 fully saturated rings. The first-order chi connectivity index (χ1) is 13.3. The average molecular weight is 415 g/mol. The molecule has 4 aromatic rings. The first kappa shape index (κ1) is 17.4. The lowest BCUT2D eigenvalue weighted by Crippen LogP contribution is -2.10. The van der Waals surface area contributed by atoms with E-state index in [9.17, 15) is 0 Å². The van der Waals surface area contributed by atoms with Gasteiger partial charge in [-0.25, -0.2) is 0 Å². The average Bonchev–Trinajstić information content (AvgIpc) is 2.70. The maximum absolute atomic E-state index is 3.67. The predicted octanol–water partition coefficient (Wildman–Crippen LogP) is 7.66. The summed E-state index contributed by atoms with van der Waals surface area (Å²) < 4.78 is 1.02. The van der Waals surface area contributed by atoms with Crippen molar-refractivity contribution in [1.29, 1.82) is 0 Å². The highest BCUT2D eigenvalue weighted by Gasteiger charge is 2.13. The number of para-hydroxylation sites is 3. The third-order valence-corrected chi connectivity index (χ3v) is 4.69. The Kier molecular flexibility index (Phi) is 5.22. The van der Waals surface area contributed by atoms with Crippen LogP contribution in [-0.4, -0.2) is 0 Å². The Bertz CT molecular complexity index is 963. The van der Waals surface area contributed by atoms with Crippen LogP contribution in [-0.2, 0) is 0 Å². The molecule has 4 rings (SSSR count). The Morgan fingerprint density at radius 2 is 1.04 bits per heavy atom. The maximum Gasteiger partial charge on any atom is 0.0493 e. The number of rotatable bonds is 5. The Labute approximate surface area is 168 Å². The van der Waals surface area contributed by atoms with Gasteiger partial charge in [0.15, 0.2) is 0 Å². The van der Waals surface area contributed by atoms with Gasteiger partial charge in [-0.2, -0.15) is 0 Å². The van der Waals surface area contributed by atoms with Gasteiger partial charge in [-0.3, -0.25) is 0 Å². The number of hydrogen-bond acceptors (Lipinski definition) is 2. The molecule has 132 valence electrons. The van der Waals surface area contributed by atoms with Crippen LogP contribution in [0.5, 0.6) is 0 Å². The molecule has 0 heterocycles. The molecule has 0 saturated carbocycles. The molecule has 0 aliphatic rings. The fourth-order valence-corrected chi connectivity index (χ4v) is 3.55. The van der Waals surface area contributed by atoms with E-state index in [1.54, 1.807) is 0 Å². The molecule has 3 heteroatoms. The fraction of sp³-hybridized carbons (Fsp3) is 0. The van der Waals surface area contributed by atoms with Crippen LogP contribution >= 0.6 is 15.9 Å².